The van der Waals surface area contributed by atoms with Gasteiger partial charge in [-0.05, 0) is 50.1 Å². The Kier molecular flexibility index (Phi) is 5.86. The molecule has 0 unspecified atom stereocenters. The van der Waals surface area contributed by atoms with Crippen LogP contribution in [0.25, 0.3) is 10.9 Å². The second-order valence-corrected chi connectivity index (χ2v) is 8.59. The van der Waals surface area contributed by atoms with E-state index < -0.39 is 29.1 Å². The van der Waals surface area contributed by atoms with Crippen LogP contribution in [0.15, 0.2) is 47.4 Å². The number of aromatic amines is 1. The quantitative estimate of drug-likeness (QED) is 0.457. The molecular weight excluding hydrogens is 392 g/mol. The summed E-state index contributed by atoms with van der Waals surface area (Å²) in [6, 6.07) is 12.0. The van der Waals surface area contributed by atoms with Crippen LogP contribution in [0.4, 0.5) is 0 Å². The average molecular weight is 414 g/mol. The molecule has 0 aliphatic rings. The largest absolute Gasteiger partial charge is 0.456 e. The third-order valence-corrected chi connectivity index (χ3v) is 6.13. The third-order valence-electron chi connectivity index (χ3n) is 4.73. The van der Waals surface area contributed by atoms with E-state index in [0.29, 0.717) is 11.3 Å². The Labute approximate surface area is 169 Å². The summed E-state index contributed by atoms with van der Waals surface area (Å²) >= 11 is 0. The van der Waals surface area contributed by atoms with E-state index in [4.69, 9.17) is 4.74 Å². The van der Waals surface area contributed by atoms with Crippen molar-refractivity contribution in [3.63, 3.8) is 0 Å². The molecular formula is C21H22N2O5S. The lowest BCUT2D eigenvalue weighted by atomic mass is 10.1. The highest BCUT2D eigenvalue weighted by Gasteiger charge is 2.19. The van der Waals surface area contributed by atoms with Crippen molar-refractivity contribution in [3.05, 3.63) is 64.8 Å². The van der Waals surface area contributed by atoms with E-state index in [1.54, 1.807) is 19.9 Å². The molecule has 1 aromatic heterocycles. The van der Waals surface area contributed by atoms with Crippen molar-refractivity contribution in [2.45, 2.75) is 25.7 Å². The van der Waals surface area contributed by atoms with Crippen molar-refractivity contribution in [1.82, 2.24) is 9.71 Å². The van der Waals surface area contributed by atoms with E-state index in [-0.39, 0.29) is 10.7 Å². The third kappa shape index (κ3) is 4.55. The van der Waals surface area contributed by atoms with Crippen LogP contribution >= 0.6 is 0 Å². The van der Waals surface area contributed by atoms with Crippen LogP contribution in [0.3, 0.4) is 0 Å². The number of rotatable bonds is 7. The standard InChI is InChI=1S/C21H22N2O5S/c1-13-8-9-16(10-14(13)2)29(26,27)22-11-20(25)28-12-19(24)21-15(3)23-18-7-5-4-6-17(18)21/h4-10,22-23H,11-12H2,1-3H3. The summed E-state index contributed by atoms with van der Waals surface area (Å²) in [5.74, 6) is -1.19. The first-order valence-corrected chi connectivity index (χ1v) is 10.5. The number of carbonyl (C=O) groups is 2. The van der Waals surface area contributed by atoms with E-state index in [1.165, 1.54) is 12.1 Å². The minimum atomic E-state index is -3.85. The Morgan fingerprint density at radius 3 is 2.48 bits per heavy atom. The Balaban J connectivity index is 1.60. The van der Waals surface area contributed by atoms with Crippen molar-refractivity contribution in [1.29, 1.82) is 0 Å². The molecule has 0 aliphatic carbocycles. The van der Waals surface area contributed by atoms with E-state index >= 15 is 0 Å². The monoisotopic (exact) mass is 414 g/mol. The maximum atomic E-state index is 12.5. The number of ketones is 1. The Morgan fingerprint density at radius 1 is 1.03 bits per heavy atom. The van der Waals surface area contributed by atoms with Crippen LogP contribution < -0.4 is 4.72 Å². The second kappa shape index (κ2) is 8.18. The van der Waals surface area contributed by atoms with Crippen LogP contribution in [0.2, 0.25) is 0 Å². The molecule has 7 nitrogen and oxygen atoms in total. The number of H-pyrrole nitrogens is 1. The number of benzene rings is 2. The van der Waals surface area contributed by atoms with Gasteiger partial charge in [0.15, 0.2) is 6.61 Å². The molecule has 8 heteroatoms. The van der Waals surface area contributed by atoms with Gasteiger partial charge in [0, 0.05) is 22.2 Å². The van der Waals surface area contributed by atoms with Crippen LogP contribution in [0.5, 0.6) is 0 Å². The van der Waals surface area contributed by atoms with Crippen molar-refractivity contribution in [2.75, 3.05) is 13.2 Å². The first kappa shape index (κ1) is 20.8. The fraction of sp³-hybridized carbons (Fsp3) is 0.238. The number of sulfonamides is 1. The molecule has 3 aromatic rings. The Morgan fingerprint density at radius 2 is 1.76 bits per heavy atom. The molecule has 0 amide bonds. The fourth-order valence-corrected chi connectivity index (χ4v) is 4.08. The van der Waals surface area contributed by atoms with Gasteiger partial charge in [0.05, 0.1) is 4.90 Å². The van der Waals surface area contributed by atoms with Crippen molar-refractivity contribution < 1.29 is 22.7 Å². The first-order valence-electron chi connectivity index (χ1n) is 9.02. The van der Waals surface area contributed by atoms with Gasteiger partial charge in [-0.2, -0.15) is 4.72 Å². The summed E-state index contributed by atoms with van der Waals surface area (Å²) in [5, 5.41) is 0.751. The van der Waals surface area contributed by atoms with Gasteiger partial charge in [0.1, 0.15) is 6.54 Å². The molecule has 0 fully saturated rings. The van der Waals surface area contributed by atoms with Gasteiger partial charge in [-0.15, -0.1) is 0 Å². The van der Waals surface area contributed by atoms with Gasteiger partial charge in [0.25, 0.3) is 0 Å². The van der Waals surface area contributed by atoms with Gasteiger partial charge >= 0.3 is 5.97 Å². The Hall–Kier alpha value is -2.97. The lowest BCUT2D eigenvalue weighted by Gasteiger charge is -2.09. The van der Waals surface area contributed by atoms with Crippen molar-refractivity contribution >= 4 is 32.7 Å². The highest BCUT2D eigenvalue weighted by Crippen LogP contribution is 2.22. The van der Waals surface area contributed by atoms with Crippen molar-refractivity contribution in [2.24, 2.45) is 0 Å². The maximum absolute atomic E-state index is 12.5. The highest BCUT2D eigenvalue weighted by atomic mass is 32.2. The van der Waals surface area contributed by atoms with Crippen LogP contribution in [-0.4, -0.2) is 38.3 Å². The summed E-state index contributed by atoms with van der Waals surface area (Å²) in [7, 11) is -3.85. The number of esters is 1. The number of aryl methyl sites for hydroxylation is 3. The predicted octanol–water partition coefficient (Wildman–Crippen LogP) is 2.80. The van der Waals surface area contributed by atoms with E-state index in [1.807, 2.05) is 31.2 Å². The molecule has 0 saturated carbocycles. The molecule has 0 radical (unpaired) electrons. The van der Waals surface area contributed by atoms with E-state index in [0.717, 1.165) is 22.0 Å². The molecule has 0 bridgehead atoms. The summed E-state index contributed by atoms with van der Waals surface area (Å²) < 4.78 is 31.8. The zero-order chi connectivity index (χ0) is 21.2. The van der Waals surface area contributed by atoms with E-state index in [9.17, 15) is 18.0 Å². The number of nitrogens with one attached hydrogen (secondary N) is 2. The zero-order valence-corrected chi connectivity index (χ0v) is 17.2. The SMILES string of the molecule is Cc1ccc(S(=O)(=O)NCC(=O)OCC(=O)c2c(C)[nH]c3ccccc23)cc1C. The number of fused-ring (bicyclic) bond motifs is 1. The molecule has 0 aliphatic heterocycles. The molecule has 2 aromatic carbocycles. The normalized spacial score (nSPS) is 11.6. The lowest BCUT2D eigenvalue weighted by Crippen LogP contribution is -2.31. The fourth-order valence-electron chi connectivity index (χ4n) is 3.02. The molecule has 1 heterocycles. The number of hydrogen-bond donors (Lipinski definition) is 2. The molecule has 0 atom stereocenters. The summed E-state index contributed by atoms with van der Waals surface area (Å²) in [4.78, 5) is 27.6. The summed E-state index contributed by atoms with van der Waals surface area (Å²) in [6.45, 7) is 4.43. The van der Waals surface area contributed by atoms with Crippen LogP contribution in [0, 0.1) is 20.8 Å². The second-order valence-electron chi connectivity index (χ2n) is 6.83. The van der Waals surface area contributed by atoms with Gasteiger partial charge in [-0.1, -0.05) is 24.3 Å². The molecule has 152 valence electrons. The first-order chi connectivity index (χ1) is 13.7. The molecule has 3 rings (SSSR count). The summed E-state index contributed by atoms with van der Waals surface area (Å²) in [6.07, 6.45) is 0. The minimum absolute atomic E-state index is 0.0684. The zero-order valence-electron chi connectivity index (χ0n) is 16.4. The molecule has 0 saturated heterocycles. The number of hydrogen-bond acceptors (Lipinski definition) is 5. The van der Waals surface area contributed by atoms with E-state index in [2.05, 4.69) is 9.71 Å². The van der Waals surface area contributed by atoms with Gasteiger partial charge in [-0.25, -0.2) is 8.42 Å². The van der Waals surface area contributed by atoms with Gasteiger partial charge < -0.3 is 9.72 Å². The smallest absolute Gasteiger partial charge is 0.321 e. The molecule has 0 spiro atoms. The van der Waals surface area contributed by atoms with Gasteiger partial charge in [-0.3, -0.25) is 9.59 Å². The van der Waals surface area contributed by atoms with Crippen LogP contribution in [-0.2, 0) is 19.6 Å². The number of carbonyl (C=O) groups excluding carboxylic acids is 2. The average Bonchev–Trinajstić information content (AvgIpc) is 3.02. The minimum Gasteiger partial charge on any atom is -0.456 e. The number of Topliss-reactive ketones (excluding diaryl/α,β-unsaturated/α-hetero) is 1. The maximum Gasteiger partial charge on any atom is 0.321 e. The summed E-state index contributed by atoms with van der Waals surface area (Å²) in [5.41, 5.74) is 3.76. The molecule has 29 heavy (non-hydrogen) atoms. The number of para-hydroxylation sites is 1. The van der Waals surface area contributed by atoms with Gasteiger partial charge in [0.2, 0.25) is 15.8 Å². The van der Waals surface area contributed by atoms with Crippen LogP contribution in [0.1, 0.15) is 27.2 Å². The Bertz CT molecular complexity index is 1200. The van der Waals surface area contributed by atoms with Crippen molar-refractivity contribution in [3.8, 4) is 0 Å². The number of aromatic nitrogens is 1. The molecule has 2 N–H and O–H groups in total. The topological polar surface area (TPSA) is 105 Å². The predicted molar refractivity (Wildman–Crippen MR) is 109 cm³/mol. The lowest BCUT2D eigenvalue weighted by molar-refractivity contribution is -0.141. The number of ether oxygens (including phenoxy) is 1. The highest BCUT2D eigenvalue weighted by molar-refractivity contribution is 7.89.